The Balaban J connectivity index is 2.38. The Kier molecular flexibility index (Phi) is 5.47. The van der Waals surface area contributed by atoms with E-state index in [1.807, 2.05) is 19.2 Å². The standard InChI is InChI=1S/C17H19Cl2N/c1-3-5-12-6-4-7-13(10-12)17(20-2)15-9-8-14(18)11-16(15)19/h4,6-11,17,20H,3,5H2,1-2H3. The van der Waals surface area contributed by atoms with Gasteiger partial charge in [0.05, 0.1) is 6.04 Å². The highest BCUT2D eigenvalue weighted by Crippen LogP contribution is 2.30. The molecule has 0 aliphatic rings. The largest absolute Gasteiger partial charge is 0.309 e. The summed E-state index contributed by atoms with van der Waals surface area (Å²) in [5.41, 5.74) is 3.63. The predicted molar refractivity (Wildman–Crippen MR) is 87.8 cm³/mol. The van der Waals surface area contributed by atoms with Crippen molar-refractivity contribution < 1.29 is 0 Å². The van der Waals surface area contributed by atoms with Gasteiger partial charge in [0.2, 0.25) is 0 Å². The molecule has 1 unspecified atom stereocenters. The SMILES string of the molecule is CCCc1cccc(C(NC)c2ccc(Cl)cc2Cl)c1. The fraction of sp³-hybridized carbons (Fsp3) is 0.294. The molecule has 1 N–H and O–H groups in total. The quantitative estimate of drug-likeness (QED) is 0.795. The van der Waals surface area contributed by atoms with Gasteiger partial charge in [-0.1, -0.05) is 66.9 Å². The number of hydrogen-bond acceptors (Lipinski definition) is 1. The van der Waals surface area contributed by atoms with Crippen LogP contribution in [-0.2, 0) is 6.42 Å². The van der Waals surface area contributed by atoms with E-state index in [2.05, 4.69) is 36.5 Å². The van der Waals surface area contributed by atoms with Gasteiger partial charge in [-0.3, -0.25) is 0 Å². The molecule has 0 saturated heterocycles. The second-order valence-corrected chi connectivity index (χ2v) is 5.73. The Morgan fingerprint density at radius 2 is 1.90 bits per heavy atom. The van der Waals surface area contributed by atoms with Gasteiger partial charge in [-0.25, -0.2) is 0 Å². The average Bonchev–Trinajstić information content (AvgIpc) is 2.43. The lowest BCUT2D eigenvalue weighted by Crippen LogP contribution is -2.18. The van der Waals surface area contributed by atoms with Crippen molar-refractivity contribution in [3.8, 4) is 0 Å². The molecule has 2 rings (SSSR count). The third-order valence-corrected chi connectivity index (χ3v) is 3.95. The molecule has 1 atom stereocenters. The first kappa shape index (κ1) is 15.4. The molecule has 106 valence electrons. The van der Waals surface area contributed by atoms with Crippen LogP contribution in [0.2, 0.25) is 10.0 Å². The Morgan fingerprint density at radius 1 is 1.10 bits per heavy atom. The third kappa shape index (κ3) is 3.54. The number of nitrogens with one attached hydrogen (secondary N) is 1. The molecular formula is C17H19Cl2N. The lowest BCUT2D eigenvalue weighted by Gasteiger charge is -2.19. The zero-order valence-corrected chi connectivity index (χ0v) is 13.3. The van der Waals surface area contributed by atoms with Crippen molar-refractivity contribution in [1.29, 1.82) is 0 Å². The van der Waals surface area contributed by atoms with Gasteiger partial charge >= 0.3 is 0 Å². The van der Waals surface area contributed by atoms with Crippen LogP contribution in [0, 0.1) is 0 Å². The first-order valence-electron chi connectivity index (χ1n) is 6.86. The average molecular weight is 308 g/mol. The van der Waals surface area contributed by atoms with Crippen molar-refractivity contribution in [1.82, 2.24) is 5.32 Å². The number of rotatable bonds is 5. The summed E-state index contributed by atoms with van der Waals surface area (Å²) in [4.78, 5) is 0. The molecule has 2 aromatic carbocycles. The van der Waals surface area contributed by atoms with Crippen molar-refractivity contribution in [3.05, 3.63) is 69.2 Å². The van der Waals surface area contributed by atoms with E-state index < -0.39 is 0 Å². The molecule has 0 aromatic heterocycles. The van der Waals surface area contributed by atoms with Crippen LogP contribution < -0.4 is 5.32 Å². The van der Waals surface area contributed by atoms with E-state index in [-0.39, 0.29) is 6.04 Å². The van der Waals surface area contributed by atoms with E-state index in [0.29, 0.717) is 10.0 Å². The highest BCUT2D eigenvalue weighted by atomic mass is 35.5. The molecule has 0 aliphatic heterocycles. The Bertz CT molecular complexity index is 581. The summed E-state index contributed by atoms with van der Waals surface area (Å²) < 4.78 is 0. The fourth-order valence-corrected chi connectivity index (χ4v) is 2.97. The normalized spacial score (nSPS) is 12.4. The Morgan fingerprint density at radius 3 is 2.55 bits per heavy atom. The topological polar surface area (TPSA) is 12.0 Å². The van der Waals surface area contributed by atoms with Crippen molar-refractivity contribution in [2.45, 2.75) is 25.8 Å². The van der Waals surface area contributed by atoms with Crippen LogP contribution in [0.5, 0.6) is 0 Å². The smallest absolute Gasteiger partial charge is 0.0589 e. The maximum Gasteiger partial charge on any atom is 0.0589 e. The summed E-state index contributed by atoms with van der Waals surface area (Å²) in [6, 6.07) is 14.4. The van der Waals surface area contributed by atoms with Gasteiger partial charge in [-0.15, -0.1) is 0 Å². The predicted octanol–water partition coefficient (Wildman–Crippen LogP) is 5.25. The van der Waals surface area contributed by atoms with E-state index >= 15 is 0 Å². The maximum absolute atomic E-state index is 6.33. The van der Waals surface area contributed by atoms with Crippen molar-refractivity contribution in [2.75, 3.05) is 7.05 Å². The van der Waals surface area contributed by atoms with Gasteiger partial charge in [0.1, 0.15) is 0 Å². The van der Waals surface area contributed by atoms with Crippen LogP contribution in [0.15, 0.2) is 42.5 Å². The van der Waals surface area contributed by atoms with Crippen LogP contribution in [0.1, 0.15) is 36.1 Å². The van der Waals surface area contributed by atoms with Gasteiger partial charge in [0.25, 0.3) is 0 Å². The van der Waals surface area contributed by atoms with Crippen LogP contribution in [0.4, 0.5) is 0 Å². The zero-order chi connectivity index (χ0) is 14.5. The highest BCUT2D eigenvalue weighted by Gasteiger charge is 2.15. The van der Waals surface area contributed by atoms with Gasteiger partial charge < -0.3 is 5.32 Å². The summed E-state index contributed by atoms with van der Waals surface area (Å²) in [5, 5.41) is 4.69. The van der Waals surface area contributed by atoms with Crippen molar-refractivity contribution in [3.63, 3.8) is 0 Å². The van der Waals surface area contributed by atoms with Crippen LogP contribution in [0.3, 0.4) is 0 Å². The highest BCUT2D eigenvalue weighted by molar-refractivity contribution is 6.35. The first-order chi connectivity index (χ1) is 9.65. The van der Waals surface area contributed by atoms with Gasteiger partial charge in [-0.05, 0) is 42.3 Å². The van der Waals surface area contributed by atoms with Crippen molar-refractivity contribution in [2.24, 2.45) is 0 Å². The third-order valence-electron chi connectivity index (χ3n) is 3.39. The molecule has 0 heterocycles. The van der Waals surface area contributed by atoms with E-state index in [9.17, 15) is 0 Å². The van der Waals surface area contributed by atoms with Crippen LogP contribution in [0.25, 0.3) is 0 Å². The second-order valence-electron chi connectivity index (χ2n) is 4.88. The van der Waals surface area contributed by atoms with Crippen LogP contribution >= 0.6 is 23.2 Å². The minimum atomic E-state index is 0.0802. The number of benzene rings is 2. The molecule has 0 radical (unpaired) electrons. The van der Waals surface area contributed by atoms with E-state index in [1.54, 1.807) is 6.07 Å². The lowest BCUT2D eigenvalue weighted by molar-refractivity contribution is 0.690. The molecule has 0 spiro atoms. The maximum atomic E-state index is 6.33. The summed E-state index contributed by atoms with van der Waals surface area (Å²) >= 11 is 12.3. The Labute approximate surface area is 130 Å². The molecular weight excluding hydrogens is 289 g/mol. The summed E-state index contributed by atoms with van der Waals surface area (Å²) in [6.07, 6.45) is 2.24. The second kappa shape index (κ2) is 7.12. The van der Waals surface area contributed by atoms with E-state index in [0.717, 1.165) is 18.4 Å². The summed E-state index contributed by atoms with van der Waals surface area (Å²) in [6.45, 7) is 2.19. The first-order valence-corrected chi connectivity index (χ1v) is 7.62. The van der Waals surface area contributed by atoms with Gasteiger partial charge in [0.15, 0.2) is 0 Å². The van der Waals surface area contributed by atoms with Crippen molar-refractivity contribution >= 4 is 23.2 Å². The zero-order valence-electron chi connectivity index (χ0n) is 11.8. The molecule has 2 aromatic rings. The molecule has 0 aliphatic carbocycles. The molecule has 0 amide bonds. The van der Waals surface area contributed by atoms with Gasteiger partial charge in [0, 0.05) is 10.0 Å². The molecule has 20 heavy (non-hydrogen) atoms. The number of hydrogen-bond donors (Lipinski definition) is 1. The Hall–Kier alpha value is -1.02. The summed E-state index contributed by atoms with van der Waals surface area (Å²) in [7, 11) is 1.95. The van der Waals surface area contributed by atoms with E-state index in [4.69, 9.17) is 23.2 Å². The lowest BCUT2D eigenvalue weighted by atomic mass is 9.96. The monoisotopic (exact) mass is 307 g/mol. The summed E-state index contributed by atoms with van der Waals surface area (Å²) in [5.74, 6) is 0. The molecule has 3 heteroatoms. The molecule has 0 fully saturated rings. The number of aryl methyl sites for hydroxylation is 1. The minimum Gasteiger partial charge on any atom is -0.309 e. The van der Waals surface area contributed by atoms with Gasteiger partial charge in [-0.2, -0.15) is 0 Å². The molecule has 0 saturated carbocycles. The minimum absolute atomic E-state index is 0.0802. The fourth-order valence-electron chi connectivity index (χ4n) is 2.45. The number of halogens is 2. The van der Waals surface area contributed by atoms with Crippen LogP contribution in [-0.4, -0.2) is 7.05 Å². The molecule has 1 nitrogen and oxygen atoms in total. The van der Waals surface area contributed by atoms with E-state index in [1.165, 1.54) is 11.1 Å². The molecule has 0 bridgehead atoms.